The maximum atomic E-state index is 12.1. The summed E-state index contributed by atoms with van der Waals surface area (Å²) in [6.45, 7) is 8.09. The number of nitrogens with zero attached hydrogens (tertiary/aromatic N) is 3. The van der Waals surface area contributed by atoms with Crippen LogP contribution < -0.4 is 5.32 Å². The first kappa shape index (κ1) is 16.3. The van der Waals surface area contributed by atoms with E-state index in [4.69, 9.17) is 4.74 Å². The molecule has 0 bridgehead atoms. The van der Waals surface area contributed by atoms with Crippen LogP contribution in [0.2, 0.25) is 0 Å². The second-order valence-electron chi connectivity index (χ2n) is 7.65. The van der Waals surface area contributed by atoms with Crippen molar-refractivity contribution < 1.29 is 9.53 Å². The molecule has 1 aromatic rings. The summed E-state index contributed by atoms with van der Waals surface area (Å²) in [4.78, 5) is 18.2. The van der Waals surface area contributed by atoms with Crippen molar-refractivity contribution in [1.82, 2.24) is 19.8 Å². The zero-order valence-electron chi connectivity index (χ0n) is 14.4. The first-order valence-electron chi connectivity index (χ1n) is 8.64. The molecule has 1 aliphatic carbocycles. The van der Waals surface area contributed by atoms with Gasteiger partial charge in [-0.2, -0.15) is 0 Å². The fraction of sp³-hybridized carbons (Fsp3) is 0.765. The lowest BCUT2D eigenvalue weighted by Crippen LogP contribution is -2.46. The SMILES string of the molecule is CC(C)(C)OC(=O)N1CCC(NCc2cncn2C2CC2)CC1. The van der Waals surface area contributed by atoms with Gasteiger partial charge in [0.15, 0.2) is 0 Å². The molecule has 1 N–H and O–H groups in total. The molecule has 2 fully saturated rings. The molecule has 2 aliphatic rings. The molecule has 0 spiro atoms. The van der Waals surface area contributed by atoms with Crippen LogP contribution in [0.15, 0.2) is 12.5 Å². The Morgan fingerprint density at radius 1 is 1.30 bits per heavy atom. The third-order valence-electron chi connectivity index (χ3n) is 4.41. The molecule has 1 aromatic heterocycles. The van der Waals surface area contributed by atoms with E-state index in [0.29, 0.717) is 12.1 Å². The number of carbonyl (C=O) groups is 1. The summed E-state index contributed by atoms with van der Waals surface area (Å²) in [6, 6.07) is 1.12. The van der Waals surface area contributed by atoms with Gasteiger partial charge in [-0.1, -0.05) is 0 Å². The van der Waals surface area contributed by atoms with Gasteiger partial charge in [0.05, 0.1) is 12.0 Å². The number of hydrogen-bond donors (Lipinski definition) is 1. The minimum Gasteiger partial charge on any atom is -0.444 e. The zero-order valence-corrected chi connectivity index (χ0v) is 14.4. The van der Waals surface area contributed by atoms with Gasteiger partial charge < -0.3 is 19.5 Å². The number of imidazole rings is 1. The van der Waals surface area contributed by atoms with Gasteiger partial charge in [0.25, 0.3) is 0 Å². The number of nitrogens with one attached hydrogen (secondary N) is 1. The van der Waals surface area contributed by atoms with E-state index in [9.17, 15) is 4.79 Å². The van der Waals surface area contributed by atoms with Crippen molar-refractivity contribution in [2.24, 2.45) is 0 Å². The maximum absolute atomic E-state index is 12.1. The molecule has 2 heterocycles. The van der Waals surface area contributed by atoms with E-state index in [2.05, 4.69) is 14.9 Å². The number of carbonyl (C=O) groups excluding carboxylic acids is 1. The Labute approximate surface area is 138 Å². The second kappa shape index (κ2) is 6.51. The standard InChI is InChI=1S/C17H28N4O2/c1-17(2,3)23-16(22)20-8-6-13(7-9-20)19-11-15-10-18-12-21(15)14-4-5-14/h10,12-14,19H,4-9,11H2,1-3H3. The number of aromatic nitrogens is 2. The Kier molecular flexibility index (Phi) is 4.62. The summed E-state index contributed by atoms with van der Waals surface area (Å²) in [5, 5.41) is 3.62. The minimum atomic E-state index is -0.423. The summed E-state index contributed by atoms with van der Waals surface area (Å²) in [7, 11) is 0. The van der Waals surface area contributed by atoms with Gasteiger partial charge >= 0.3 is 6.09 Å². The lowest BCUT2D eigenvalue weighted by molar-refractivity contribution is 0.0198. The highest BCUT2D eigenvalue weighted by Gasteiger charge is 2.28. The molecule has 1 aliphatic heterocycles. The lowest BCUT2D eigenvalue weighted by atomic mass is 10.1. The Bertz CT molecular complexity index is 537. The maximum Gasteiger partial charge on any atom is 0.410 e. The first-order valence-corrected chi connectivity index (χ1v) is 8.64. The number of hydrogen-bond acceptors (Lipinski definition) is 4. The summed E-state index contributed by atoms with van der Waals surface area (Å²) in [6.07, 6.45) is 8.20. The predicted octanol–water partition coefficient (Wildman–Crippen LogP) is 2.71. The van der Waals surface area contributed by atoms with Crippen molar-refractivity contribution in [3.63, 3.8) is 0 Å². The normalized spacial score (nSPS) is 19.9. The van der Waals surface area contributed by atoms with E-state index < -0.39 is 5.60 Å². The van der Waals surface area contributed by atoms with Crippen LogP contribution in [0.5, 0.6) is 0 Å². The molecule has 1 amide bonds. The summed E-state index contributed by atoms with van der Waals surface area (Å²) in [5.74, 6) is 0. The van der Waals surface area contributed by atoms with E-state index in [1.165, 1.54) is 18.5 Å². The Morgan fingerprint density at radius 3 is 2.61 bits per heavy atom. The van der Waals surface area contributed by atoms with Gasteiger partial charge in [0, 0.05) is 37.9 Å². The van der Waals surface area contributed by atoms with Crippen molar-refractivity contribution in [1.29, 1.82) is 0 Å². The fourth-order valence-corrected chi connectivity index (χ4v) is 2.99. The average Bonchev–Trinajstić information content (AvgIpc) is 3.22. The molecule has 0 aromatic carbocycles. The van der Waals surface area contributed by atoms with Gasteiger partial charge in [-0.3, -0.25) is 0 Å². The molecule has 6 nitrogen and oxygen atoms in total. The summed E-state index contributed by atoms with van der Waals surface area (Å²) in [5.41, 5.74) is 0.843. The quantitative estimate of drug-likeness (QED) is 0.926. The highest BCUT2D eigenvalue weighted by atomic mass is 16.6. The van der Waals surface area contributed by atoms with E-state index in [1.54, 1.807) is 0 Å². The molecule has 23 heavy (non-hydrogen) atoms. The third-order valence-corrected chi connectivity index (χ3v) is 4.41. The van der Waals surface area contributed by atoms with E-state index in [0.717, 1.165) is 32.5 Å². The zero-order chi connectivity index (χ0) is 16.4. The number of likely N-dealkylation sites (tertiary alicyclic amines) is 1. The number of piperidine rings is 1. The van der Waals surface area contributed by atoms with Gasteiger partial charge in [-0.25, -0.2) is 9.78 Å². The van der Waals surface area contributed by atoms with Crippen LogP contribution in [0, 0.1) is 0 Å². The fourth-order valence-electron chi connectivity index (χ4n) is 2.99. The van der Waals surface area contributed by atoms with Gasteiger partial charge in [0.2, 0.25) is 0 Å². The van der Waals surface area contributed by atoms with Crippen molar-refractivity contribution >= 4 is 6.09 Å². The molecule has 0 radical (unpaired) electrons. The molecule has 0 atom stereocenters. The van der Waals surface area contributed by atoms with E-state index in [1.807, 2.05) is 38.2 Å². The topological polar surface area (TPSA) is 59.4 Å². The average molecular weight is 320 g/mol. The van der Waals surface area contributed by atoms with Crippen LogP contribution in [0.4, 0.5) is 4.79 Å². The third kappa shape index (κ3) is 4.47. The summed E-state index contributed by atoms with van der Waals surface area (Å²) >= 11 is 0. The number of ether oxygens (including phenoxy) is 1. The van der Waals surface area contributed by atoms with Crippen LogP contribution in [-0.4, -0.2) is 45.3 Å². The van der Waals surface area contributed by atoms with Crippen molar-refractivity contribution in [2.45, 2.75) is 70.7 Å². The van der Waals surface area contributed by atoms with E-state index >= 15 is 0 Å². The van der Waals surface area contributed by atoms with Crippen molar-refractivity contribution in [2.75, 3.05) is 13.1 Å². The first-order chi connectivity index (χ1) is 10.9. The van der Waals surface area contributed by atoms with Gasteiger partial charge in [-0.15, -0.1) is 0 Å². The Morgan fingerprint density at radius 2 is 2.00 bits per heavy atom. The molecule has 1 saturated carbocycles. The van der Waals surface area contributed by atoms with Gasteiger partial charge in [-0.05, 0) is 46.5 Å². The highest BCUT2D eigenvalue weighted by molar-refractivity contribution is 5.68. The molecule has 0 unspecified atom stereocenters. The highest BCUT2D eigenvalue weighted by Crippen LogP contribution is 2.35. The van der Waals surface area contributed by atoms with Crippen LogP contribution in [0.25, 0.3) is 0 Å². The number of amides is 1. The monoisotopic (exact) mass is 320 g/mol. The smallest absolute Gasteiger partial charge is 0.410 e. The molecule has 3 rings (SSSR count). The predicted molar refractivity (Wildman–Crippen MR) is 88.2 cm³/mol. The molecular formula is C17H28N4O2. The van der Waals surface area contributed by atoms with Gasteiger partial charge in [0.1, 0.15) is 5.60 Å². The van der Waals surface area contributed by atoms with Crippen molar-refractivity contribution in [3.8, 4) is 0 Å². The van der Waals surface area contributed by atoms with Crippen LogP contribution >= 0.6 is 0 Å². The van der Waals surface area contributed by atoms with E-state index in [-0.39, 0.29) is 6.09 Å². The Hall–Kier alpha value is -1.56. The molecule has 1 saturated heterocycles. The second-order valence-corrected chi connectivity index (χ2v) is 7.65. The largest absolute Gasteiger partial charge is 0.444 e. The molecule has 128 valence electrons. The minimum absolute atomic E-state index is 0.192. The molecule has 6 heteroatoms. The van der Waals surface area contributed by atoms with Crippen LogP contribution in [0.1, 0.15) is 58.2 Å². The lowest BCUT2D eigenvalue weighted by Gasteiger charge is -2.33. The van der Waals surface area contributed by atoms with Crippen molar-refractivity contribution in [3.05, 3.63) is 18.2 Å². The summed E-state index contributed by atoms with van der Waals surface area (Å²) < 4.78 is 7.73. The number of rotatable bonds is 4. The van der Waals surface area contributed by atoms with Crippen LogP contribution in [-0.2, 0) is 11.3 Å². The molecular weight excluding hydrogens is 292 g/mol. The Balaban J connectivity index is 1.42. The van der Waals surface area contributed by atoms with Crippen LogP contribution in [0.3, 0.4) is 0 Å².